The Kier molecular flexibility index (Phi) is 3.06. The summed E-state index contributed by atoms with van der Waals surface area (Å²) in [6.45, 7) is 5.45. The van der Waals surface area contributed by atoms with E-state index in [1.807, 2.05) is 20.8 Å². The van der Waals surface area contributed by atoms with Gasteiger partial charge in [0.2, 0.25) is 0 Å². The third kappa shape index (κ3) is 2.96. The molecule has 0 bridgehead atoms. The standard InChI is InChI=1S/C10H13NO2S/c1-10(2,3)13-9(12)11-7-5-4-6-8(11)14/h4-7H,1-3H3. The summed E-state index contributed by atoms with van der Waals surface area (Å²) >= 11 is 4.98. The lowest BCUT2D eigenvalue weighted by Crippen LogP contribution is -2.27. The van der Waals surface area contributed by atoms with E-state index >= 15 is 0 Å². The second-order valence-corrected chi connectivity index (χ2v) is 4.31. The van der Waals surface area contributed by atoms with E-state index in [9.17, 15) is 4.79 Å². The zero-order chi connectivity index (χ0) is 10.8. The van der Waals surface area contributed by atoms with E-state index in [1.54, 1.807) is 24.4 Å². The molecule has 76 valence electrons. The van der Waals surface area contributed by atoms with Crippen molar-refractivity contribution < 1.29 is 9.53 Å². The molecule has 0 saturated carbocycles. The monoisotopic (exact) mass is 211 g/mol. The van der Waals surface area contributed by atoms with Gasteiger partial charge >= 0.3 is 6.09 Å². The fraction of sp³-hybridized carbons (Fsp3) is 0.400. The number of ether oxygens (including phenoxy) is 1. The van der Waals surface area contributed by atoms with Crippen LogP contribution in [0.25, 0.3) is 0 Å². The number of carbonyl (C=O) groups excluding carboxylic acids is 1. The molecule has 4 heteroatoms. The van der Waals surface area contributed by atoms with Crippen molar-refractivity contribution >= 4 is 18.3 Å². The van der Waals surface area contributed by atoms with Crippen LogP contribution < -0.4 is 0 Å². The van der Waals surface area contributed by atoms with Gasteiger partial charge in [-0.05, 0) is 32.9 Å². The van der Waals surface area contributed by atoms with Crippen LogP contribution in [-0.4, -0.2) is 16.3 Å². The van der Waals surface area contributed by atoms with E-state index in [2.05, 4.69) is 0 Å². The fourth-order valence-electron chi connectivity index (χ4n) is 0.889. The molecule has 0 atom stereocenters. The van der Waals surface area contributed by atoms with Crippen LogP contribution in [0.3, 0.4) is 0 Å². The van der Waals surface area contributed by atoms with Gasteiger partial charge in [0.15, 0.2) is 0 Å². The molecule has 1 rings (SSSR count). The smallest absolute Gasteiger partial charge is 0.419 e. The summed E-state index contributed by atoms with van der Waals surface area (Å²) in [5, 5.41) is 0. The molecule has 0 aromatic carbocycles. The van der Waals surface area contributed by atoms with Gasteiger partial charge in [0, 0.05) is 6.20 Å². The SMILES string of the molecule is CC(C)(C)OC(=O)n1ccccc1=S. The highest BCUT2D eigenvalue weighted by molar-refractivity contribution is 7.71. The molecule has 3 nitrogen and oxygen atoms in total. The zero-order valence-electron chi connectivity index (χ0n) is 8.48. The van der Waals surface area contributed by atoms with E-state index in [4.69, 9.17) is 17.0 Å². The Balaban J connectivity index is 2.92. The van der Waals surface area contributed by atoms with Gasteiger partial charge in [-0.25, -0.2) is 9.36 Å². The molecule has 0 spiro atoms. The maximum Gasteiger partial charge on any atom is 0.419 e. The van der Waals surface area contributed by atoms with Crippen LogP contribution in [0.15, 0.2) is 24.4 Å². The summed E-state index contributed by atoms with van der Waals surface area (Å²) in [5.74, 6) is 0. The Morgan fingerprint density at radius 1 is 1.43 bits per heavy atom. The minimum Gasteiger partial charge on any atom is -0.443 e. The Morgan fingerprint density at radius 3 is 2.57 bits per heavy atom. The number of nitrogens with zero attached hydrogens (tertiary/aromatic N) is 1. The molecule has 1 heterocycles. The third-order valence-electron chi connectivity index (χ3n) is 1.41. The quantitative estimate of drug-likeness (QED) is 0.618. The zero-order valence-corrected chi connectivity index (χ0v) is 9.30. The van der Waals surface area contributed by atoms with E-state index in [-0.39, 0.29) is 0 Å². The summed E-state index contributed by atoms with van der Waals surface area (Å²) in [6, 6.07) is 5.20. The normalized spacial score (nSPS) is 11.1. The van der Waals surface area contributed by atoms with Gasteiger partial charge in [-0.15, -0.1) is 0 Å². The van der Waals surface area contributed by atoms with Gasteiger partial charge in [0.1, 0.15) is 10.2 Å². The van der Waals surface area contributed by atoms with Gasteiger partial charge in [-0.1, -0.05) is 18.3 Å². The molecular weight excluding hydrogens is 198 g/mol. The largest absolute Gasteiger partial charge is 0.443 e. The average molecular weight is 211 g/mol. The van der Waals surface area contributed by atoms with Gasteiger partial charge in [-0.2, -0.15) is 0 Å². The molecule has 0 N–H and O–H groups in total. The number of hydrogen-bond donors (Lipinski definition) is 0. The van der Waals surface area contributed by atoms with Crippen LogP contribution in [-0.2, 0) is 4.74 Å². The highest BCUT2D eigenvalue weighted by Gasteiger charge is 2.17. The molecule has 0 saturated heterocycles. The number of aromatic nitrogens is 1. The van der Waals surface area contributed by atoms with Crippen LogP contribution >= 0.6 is 12.2 Å². The summed E-state index contributed by atoms with van der Waals surface area (Å²) in [7, 11) is 0. The highest BCUT2D eigenvalue weighted by atomic mass is 32.1. The Morgan fingerprint density at radius 2 is 2.07 bits per heavy atom. The van der Waals surface area contributed by atoms with Crippen molar-refractivity contribution in [1.82, 2.24) is 4.57 Å². The van der Waals surface area contributed by atoms with Crippen molar-refractivity contribution in [3.05, 3.63) is 29.0 Å². The lowest BCUT2D eigenvalue weighted by atomic mass is 10.2. The van der Waals surface area contributed by atoms with E-state index in [1.165, 1.54) is 4.57 Å². The van der Waals surface area contributed by atoms with Crippen LogP contribution in [0, 0.1) is 4.64 Å². The molecule has 14 heavy (non-hydrogen) atoms. The van der Waals surface area contributed by atoms with Gasteiger partial charge < -0.3 is 4.74 Å². The molecule has 0 amide bonds. The van der Waals surface area contributed by atoms with Crippen LogP contribution in [0.5, 0.6) is 0 Å². The molecule has 0 aliphatic heterocycles. The molecule has 0 aliphatic rings. The third-order valence-corrected chi connectivity index (χ3v) is 1.75. The molecular formula is C10H13NO2S. The lowest BCUT2D eigenvalue weighted by Gasteiger charge is -2.19. The summed E-state index contributed by atoms with van der Waals surface area (Å²) in [4.78, 5) is 11.6. The molecule has 0 radical (unpaired) electrons. The number of carbonyl (C=O) groups is 1. The van der Waals surface area contributed by atoms with E-state index in [0.29, 0.717) is 4.64 Å². The fourth-order valence-corrected chi connectivity index (χ4v) is 1.10. The molecule has 1 aromatic heterocycles. The number of rotatable bonds is 0. The molecule has 0 unspecified atom stereocenters. The summed E-state index contributed by atoms with van der Waals surface area (Å²) in [5.41, 5.74) is -0.498. The first-order valence-corrected chi connectivity index (χ1v) is 4.72. The molecule has 1 aromatic rings. The highest BCUT2D eigenvalue weighted by Crippen LogP contribution is 2.09. The average Bonchev–Trinajstić information content (AvgIpc) is 2.01. The first-order valence-electron chi connectivity index (χ1n) is 4.31. The summed E-state index contributed by atoms with van der Waals surface area (Å²) in [6.07, 6.45) is 1.15. The van der Waals surface area contributed by atoms with Crippen LogP contribution in [0.4, 0.5) is 4.79 Å². The van der Waals surface area contributed by atoms with Crippen LogP contribution in [0.1, 0.15) is 20.8 Å². The summed E-state index contributed by atoms with van der Waals surface area (Å²) < 4.78 is 6.91. The first-order chi connectivity index (χ1) is 6.40. The molecule has 0 aliphatic carbocycles. The second-order valence-electron chi connectivity index (χ2n) is 3.89. The Labute approximate surface area is 88.3 Å². The number of pyridine rings is 1. The van der Waals surface area contributed by atoms with Crippen molar-refractivity contribution in [3.8, 4) is 0 Å². The van der Waals surface area contributed by atoms with Crippen molar-refractivity contribution in [2.45, 2.75) is 26.4 Å². The number of hydrogen-bond acceptors (Lipinski definition) is 3. The predicted molar refractivity (Wildman–Crippen MR) is 56.9 cm³/mol. The van der Waals surface area contributed by atoms with E-state index < -0.39 is 11.7 Å². The Bertz CT molecular complexity index is 390. The van der Waals surface area contributed by atoms with Gasteiger partial charge in [-0.3, -0.25) is 0 Å². The van der Waals surface area contributed by atoms with Crippen molar-refractivity contribution in [1.29, 1.82) is 0 Å². The predicted octanol–water partition coefficient (Wildman–Crippen LogP) is 3.00. The van der Waals surface area contributed by atoms with Crippen LogP contribution in [0.2, 0.25) is 0 Å². The van der Waals surface area contributed by atoms with Crippen molar-refractivity contribution in [3.63, 3.8) is 0 Å². The second kappa shape index (κ2) is 3.92. The maximum absolute atomic E-state index is 11.6. The van der Waals surface area contributed by atoms with Crippen molar-refractivity contribution in [2.75, 3.05) is 0 Å². The van der Waals surface area contributed by atoms with Gasteiger partial charge in [0.05, 0.1) is 0 Å². The first kappa shape index (κ1) is 10.9. The lowest BCUT2D eigenvalue weighted by molar-refractivity contribution is 0.0533. The Hall–Kier alpha value is -1.16. The minimum atomic E-state index is -0.498. The minimum absolute atomic E-state index is 0.442. The topological polar surface area (TPSA) is 31.2 Å². The maximum atomic E-state index is 11.6. The molecule has 0 fully saturated rings. The van der Waals surface area contributed by atoms with Gasteiger partial charge in [0.25, 0.3) is 0 Å². The van der Waals surface area contributed by atoms with E-state index in [0.717, 1.165) is 0 Å². The van der Waals surface area contributed by atoms with Crippen molar-refractivity contribution in [2.24, 2.45) is 0 Å².